The average Bonchev–Trinajstić information content (AvgIpc) is 2.36. The molecule has 0 fully saturated rings. The maximum Gasteiger partial charge on any atom is 0.225 e. The van der Waals surface area contributed by atoms with Crippen LogP contribution in [-0.4, -0.2) is 22.1 Å². The number of nitrogen functional groups attached to an aromatic ring is 2. The Hall–Kier alpha value is -2.57. The highest BCUT2D eigenvalue weighted by molar-refractivity contribution is 5.42. The molecule has 0 aliphatic heterocycles. The Kier molecular flexibility index (Phi) is 3.65. The summed E-state index contributed by atoms with van der Waals surface area (Å²) < 4.78 is 10.8. The molecule has 0 atom stereocenters. The summed E-state index contributed by atoms with van der Waals surface area (Å²) in [6, 6.07) is 5.63. The zero-order valence-corrected chi connectivity index (χ0v) is 10.8. The Balaban J connectivity index is 2.14. The summed E-state index contributed by atoms with van der Waals surface area (Å²) in [6.45, 7) is 2.11. The Morgan fingerprint density at radius 3 is 2.37 bits per heavy atom. The molecule has 1 heterocycles. The van der Waals surface area contributed by atoms with Crippen molar-refractivity contribution in [1.82, 2.24) is 15.0 Å². The lowest BCUT2D eigenvalue weighted by Gasteiger charge is -2.10. The highest BCUT2D eigenvalue weighted by Gasteiger charge is 2.07. The topological polar surface area (TPSA) is 109 Å². The summed E-state index contributed by atoms with van der Waals surface area (Å²) in [7, 11) is 1.58. The summed E-state index contributed by atoms with van der Waals surface area (Å²) in [6.07, 6.45) is 0. The largest absolute Gasteiger partial charge is 0.493 e. The second kappa shape index (κ2) is 5.38. The molecular formula is C12H15N5O2. The van der Waals surface area contributed by atoms with Crippen LogP contribution in [0.25, 0.3) is 0 Å². The highest BCUT2D eigenvalue weighted by Crippen LogP contribution is 2.28. The van der Waals surface area contributed by atoms with Gasteiger partial charge in [0.15, 0.2) is 17.3 Å². The second-order valence-corrected chi connectivity index (χ2v) is 3.91. The van der Waals surface area contributed by atoms with Crippen LogP contribution >= 0.6 is 0 Å². The minimum absolute atomic E-state index is 0.0713. The summed E-state index contributed by atoms with van der Waals surface area (Å²) in [5.41, 5.74) is 12.0. The van der Waals surface area contributed by atoms with Gasteiger partial charge in [0.2, 0.25) is 11.9 Å². The molecule has 0 bridgehead atoms. The first-order valence-corrected chi connectivity index (χ1v) is 5.62. The number of aromatic nitrogens is 3. The molecule has 19 heavy (non-hydrogen) atoms. The fraction of sp³-hybridized carbons (Fsp3) is 0.250. The number of aryl methyl sites for hydroxylation is 1. The minimum Gasteiger partial charge on any atom is -0.493 e. The first-order valence-electron chi connectivity index (χ1n) is 5.62. The average molecular weight is 261 g/mol. The predicted octanol–water partition coefficient (Wildman–Crippen LogP) is 0.932. The molecule has 0 saturated heterocycles. The van der Waals surface area contributed by atoms with Crippen LogP contribution in [0.15, 0.2) is 18.2 Å². The molecule has 2 rings (SSSR count). The van der Waals surface area contributed by atoms with Crippen molar-refractivity contribution in [2.45, 2.75) is 13.5 Å². The molecule has 0 unspecified atom stereocenters. The van der Waals surface area contributed by atoms with Gasteiger partial charge in [-0.2, -0.15) is 15.0 Å². The van der Waals surface area contributed by atoms with Crippen molar-refractivity contribution in [2.24, 2.45) is 0 Å². The van der Waals surface area contributed by atoms with Gasteiger partial charge in [0.05, 0.1) is 7.11 Å². The summed E-state index contributed by atoms with van der Waals surface area (Å²) in [5, 5.41) is 0. The lowest BCUT2D eigenvalue weighted by atomic mass is 10.2. The number of benzene rings is 1. The molecule has 0 radical (unpaired) electrons. The van der Waals surface area contributed by atoms with Crippen molar-refractivity contribution in [3.05, 3.63) is 29.6 Å². The van der Waals surface area contributed by atoms with Crippen LogP contribution in [0.4, 0.5) is 11.9 Å². The lowest BCUT2D eigenvalue weighted by molar-refractivity contribution is 0.276. The van der Waals surface area contributed by atoms with E-state index in [1.54, 1.807) is 7.11 Å². The molecule has 0 saturated carbocycles. The molecule has 7 heteroatoms. The third kappa shape index (κ3) is 3.21. The van der Waals surface area contributed by atoms with Crippen LogP contribution in [0.1, 0.15) is 11.4 Å². The molecule has 7 nitrogen and oxygen atoms in total. The zero-order valence-electron chi connectivity index (χ0n) is 10.8. The monoisotopic (exact) mass is 261 g/mol. The summed E-state index contributed by atoms with van der Waals surface area (Å²) in [4.78, 5) is 11.6. The number of nitrogens with two attached hydrogens (primary N) is 2. The van der Waals surface area contributed by atoms with Crippen LogP contribution in [0.5, 0.6) is 11.5 Å². The fourth-order valence-electron chi connectivity index (χ4n) is 1.56. The molecule has 0 spiro atoms. The van der Waals surface area contributed by atoms with Crippen molar-refractivity contribution < 1.29 is 9.47 Å². The van der Waals surface area contributed by atoms with E-state index in [0.29, 0.717) is 17.3 Å². The second-order valence-electron chi connectivity index (χ2n) is 3.91. The van der Waals surface area contributed by atoms with Gasteiger partial charge in [-0.1, -0.05) is 6.07 Å². The normalized spacial score (nSPS) is 10.2. The Morgan fingerprint density at radius 1 is 1.05 bits per heavy atom. The predicted molar refractivity (Wildman–Crippen MR) is 70.7 cm³/mol. The van der Waals surface area contributed by atoms with Gasteiger partial charge < -0.3 is 20.9 Å². The quantitative estimate of drug-likeness (QED) is 0.842. The molecule has 1 aromatic carbocycles. The van der Waals surface area contributed by atoms with E-state index in [4.69, 9.17) is 20.9 Å². The molecular weight excluding hydrogens is 246 g/mol. The molecule has 1 aromatic heterocycles. The first-order chi connectivity index (χ1) is 9.08. The van der Waals surface area contributed by atoms with Crippen molar-refractivity contribution in [1.29, 1.82) is 0 Å². The maximum absolute atomic E-state index is 5.59. The SMILES string of the molecule is COc1cc(C)ccc1OCc1nc(N)nc(N)n1. The van der Waals surface area contributed by atoms with Crippen LogP contribution in [0.2, 0.25) is 0 Å². The van der Waals surface area contributed by atoms with E-state index in [2.05, 4.69) is 15.0 Å². The van der Waals surface area contributed by atoms with Crippen molar-refractivity contribution in [3.63, 3.8) is 0 Å². The van der Waals surface area contributed by atoms with Gasteiger partial charge >= 0.3 is 0 Å². The number of ether oxygens (including phenoxy) is 2. The Bertz CT molecular complexity index is 568. The van der Waals surface area contributed by atoms with Crippen molar-refractivity contribution >= 4 is 11.9 Å². The van der Waals surface area contributed by atoms with Gasteiger partial charge in [0, 0.05) is 0 Å². The van der Waals surface area contributed by atoms with Crippen LogP contribution in [0.3, 0.4) is 0 Å². The van der Waals surface area contributed by atoms with Crippen LogP contribution in [-0.2, 0) is 6.61 Å². The lowest BCUT2D eigenvalue weighted by Crippen LogP contribution is -2.09. The summed E-state index contributed by atoms with van der Waals surface area (Å²) in [5.74, 6) is 1.76. The third-order valence-corrected chi connectivity index (χ3v) is 2.39. The number of hydrogen-bond donors (Lipinski definition) is 2. The molecule has 0 amide bonds. The molecule has 2 aromatic rings. The van der Waals surface area contributed by atoms with Gasteiger partial charge in [-0.15, -0.1) is 0 Å². The van der Waals surface area contributed by atoms with Gasteiger partial charge in [-0.3, -0.25) is 0 Å². The van der Waals surface area contributed by atoms with Gasteiger partial charge in [0.25, 0.3) is 0 Å². The van der Waals surface area contributed by atoms with Gasteiger partial charge in [-0.25, -0.2) is 0 Å². The first kappa shape index (κ1) is 12.9. The fourth-order valence-corrected chi connectivity index (χ4v) is 1.56. The van der Waals surface area contributed by atoms with E-state index in [1.165, 1.54) is 0 Å². The van der Waals surface area contributed by atoms with E-state index >= 15 is 0 Å². The van der Waals surface area contributed by atoms with Crippen molar-refractivity contribution in [3.8, 4) is 11.5 Å². The van der Waals surface area contributed by atoms with Gasteiger partial charge in [0.1, 0.15) is 6.61 Å². The number of methoxy groups -OCH3 is 1. The van der Waals surface area contributed by atoms with Crippen molar-refractivity contribution in [2.75, 3.05) is 18.6 Å². The zero-order chi connectivity index (χ0) is 13.8. The van der Waals surface area contributed by atoms with E-state index in [9.17, 15) is 0 Å². The number of anilines is 2. The molecule has 100 valence electrons. The number of rotatable bonds is 4. The van der Waals surface area contributed by atoms with E-state index in [0.717, 1.165) is 5.56 Å². The highest BCUT2D eigenvalue weighted by atomic mass is 16.5. The maximum atomic E-state index is 5.59. The smallest absolute Gasteiger partial charge is 0.225 e. The minimum atomic E-state index is 0.0713. The number of nitrogens with zero attached hydrogens (tertiary/aromatic N) is 3. The van der Waals surface area contributed by atoms with E-state index in [-0.39, 0.29) is 18.5 Å². The standard InChI is InChI=1S/C12H15N5O2/c1-7-3-4-8(9(5-7)18-2)19-6-10-15-11(13)17-12(14)16-10/h3-5H,6H2,1-2H3,(H4,13,14,15,16,17). The van der Waals surface area contributed by atoms with E-state index in [1.807, 2.05) is 25.1 Å². The summed E-state index contributed by atoms with van der Waals surface area (Å²) >= 11 is 0. The number of hydrogen-bond acceptors (Lipinski definition) is 7. The third-order valence-electron chi connectivity index (χ3n) is 2.39. The van der Waals surface area contributed by atoms with Gasteiger partial charge in [-0.05, 0) is 24.6 Å². The van der Waals surface area contributed by atoms with Crippen LogP contribution < -0.4 is 20.9 Å². The van der Waals surface area contributed by atoms with E-state index < -0.39 is 0 Å². The molecule has 4 N–H and O–H groups in total. The molecule has 0 aliphatic carbocycles. The van der Waals surface area contributed by atoms with Crippen LogP contribution in [0, 0.1) is 6.92 Å². The Labute approximate surface area is 110 Å². The molecule has 0 aliphatic rings. The Morgan fingerprint density at radius 2 is 1.74 bits per heavy atom.